The Kier molecular flexibility index (Phi) is 2.56. The van der Waals surface area contributed by atoms with E-state index in [0.717, 1.165) is 12.5 Å². The first-order chi connectivity index (χ1) is 7.84. The van der Waals surface area contributed by atoms with Crippen LogP contribution in [0.4, 0.5) is 5.69 Å². The Morgan fingerprint density at radius 3 is 2.75 bits per heavy atom. The van der Waals surface area contributed by atoms with Gasteiger partial charge in [0.05, 0.1) is 0 Å². The zero-order valence-electron chi connectivity index (χ0n) is 9.55. The molecule has 1 saturated carbocycles. The molecule has 2 aliphatic rings. The van der Waals surface area contributed by atoms with Crippen LogP contribution in [-0.2, 0) is 0 Å². The summed E-state index contributed by atoms with van der Waals surface area (Å²) in [7, 11) is 0. The molecule has 86 valence electrons. The van der Waals surface area contributed by atoms with Crippen LogP contribution >= 0.6 is 0 Å². The van der Waals surface area contributed by atoms with Crippen molar-refractivity contribution in [1.29, 1.82) is 0 Å². The average molecular weight is 217 g/mol. The van der Waals surface area contributed by atoms with Gasteiger partial charge in [-0.3, -0.25) is 4.98 Å². The van der Waals surface area contributed by atoms with Crippen LogP contribution < -0.4 is 10.6 Å². The molecule has 3 unspecified atom stereocenters. The largest absolute Gasteiger partial charge is 0.371 e. The molecule has 3 rings (SSSR count). The summed E-state index contributed by atoms with van der Waals surface area (Å²) in [6.07, 6.45) is 7.63. The molecule has 0 bridgehead atoms. The number of nitrogens with two attached hydrogens (primary N) is 1. The molecule has 2 N–H and O–H groups in total. The van der Waals surface area contributed by atoms with E-state index in [1.54, 1.807) is 0 Å². The molecule has 2 heterocycles. The van der Waals surface area contributed by atoms with Gasteiger partial charge in [-0.25, -0.2) is 0 Å². The molecule has 1 aliphatic heterocycles. The van der Waals surface area contributed by atoms with Gasteiger partial charge in [0, 0.05) is 37.2 Å². The number of anilines is 1. The lowest BCUT2D eigenvalue weighted by Crippen LogP contribution is -2.38. The Hall–Kier alpha value is -1.09. The van der Waals surface area contributed by atoms with Gasteiger partial charge in [0.25, 0.3) is 0 Å². The Bertz CT molecular complexity index is 351. The van der Waals surface area contributed by atoms with Crippen molar-refractivity contribution in [3.05, 3.63) is 24.5 Å². The first kappa shape index (κ1) is 10.1. The molecule has 0 amide bonds. The van der Waals surface area contributed by atoms with E-state index in [1.807, 2.05) is 12.4 Å². The molecule has 3 nitrogen and oxygen atoms in total. The van der Waals surface area contributed by atoms with Gasteiger partial charge in [-0.05, 0) is 36.8 Å². The number of rotatable bonds is 1. The van der Waals surface area contributed by atoms with Gasteiger partial charge in [-0.1, -0.05) is 6.42 Å². The van der Waals surface area contributed by atoms with Crippen LogP contribution in [0.15, 0.2) is 24.5 Å². The summed E-state index contributed by atoms with van der Waals surface area (Å²) in [5, 5.41) is 0. The number of aromatic nitrogens is 1. The summed E-state index contributed by atoms with van der Waals surface area (Å²) >= 11 is 0. The second kappa shape index (κ2) is 4.06. The van der Waals surface area contributed by atoms with Crippen molar-refractivity contribution in [2.75, 3.05) is 18.0 Å². The fraction of sp³-hybridized carbons (Fsp3) is 0.615. The maximum Gasteiger partial charge on any atom is 0.0397 e. The van der Waals surface area contributed by atoms with Gasteiger partial charge in [0.2, 0.25) is 0 Å². The number of pyridine rings is 1. The van der Waals surface area contributed by atoms with Crippen molar-refractivity contribution in [3.63, 3.8) is 0 Å². The van der Waals surface area contributed by atoms with Gasteiger partial charge in [0.15, 0.2) is 0 Å². The lowest BCUT2D eigenvalue weighted by atomic mass is 9.78. The van der Waals surface area contributed by atoms with Crippen LogP contribution in [-0.4, -0.2) is 24.1 Å². The number of nitrogens with zero attached hydrogens (tertiary/aromatic N) is 2. The summed E-state index contributed by atoms with van der Waals surface area (Å²) in [6, 6.07) is 4.62. The fourth-order valence-corrected chi connectivity index (χ4v) is 3.28. The van der Waals surface area contributed by atoms with Gasteiger partial charge in [-0.2, -0.15) is 0 Å². The monoisotopic (exact) mass is 217 g/mol. The molecule has 1 saturated heterocycles. The minimum Gasteiger partial charge on any atom is -0.371 e. The van der Waals surface area contributed by atoms with Crippen molar-refractivity contribution in [1.82, 2.24) is 4.98 Å². The summed E-state index contributed by atoms with van der Waals surface area (Å²) in [6.45, 7) is 2.32. The van der Waals surface area contributed by atoms with Crippen molar-refractivity contribution < 1.29 is 0 Å². The Balaban J connectivity index is 1.77. The van der Waals surface area contributed by atoms with Crippen molar-refractivity contribution in [3.8, 4) is 0 Å². The standard InChI is InChI=1S/C13H19N3/c14-13-3-1-2-10-8-16(9-12(10)13)11-4-6-15-7-5-11/h4-7,10,12-13H,1-3,8-9,14H2. The number of hydrogen-bond acceptors (Lipinski definition) is 3. The molecule has 0 spiro atoms. The number of hydrogen-bond donors (Lipinski definition) is 1. The van der Waals surface area contributed by atoms with Crippen LogP contribution in [0.25, 0.3) is 0 Å². The van der Waals surface area contributed by atoms with Crippen LogP contribution in [0.1, 0.15) is 19.3 Å². The van der Waals surface area contributed by atoms with E-state index in [9.17, 15) is 0 Å². The van der Waals surface area contributed by atoms with E-state index in [4.69, 9.17) is 5.73 Å². The molecular formula is C13H19N3. The smallest absolute Gasteiger partial charge is 0.0397 e. The highest BCUT2D eigenvalue weighted by Crippen LogP contribution is 2.37. The molecule has 3 atom stereocenters. The van der Waals surface area contributed by atoms with Gasteiger partial charge < -0.3 is 10.6 Å². The molecule has 1 aromatic rings. The zero-order valence-corrected chi connectivity index (χ0v) is 9.55. The highest BCUT2D eigenvalue weighted by Gasteiger charge is 2.38. The quantitative estimate of drug-likeness (QED) is 0.777. The van der Waals surface area contributed by atoms with Crippen molar-refractivity contribution >= 4 is 5.69 Å². The van der Waals surface area contributed by atoms with E-state index < -0.39 is 0 Å². The summed E-state index contributed by atoms with van der Waals surface area (Å²) in [5.41, 5.74) is 7.52. The third-order valence-electron chi connectivity index (χ3n) is 4.18. The molecule has 1 aromatic heterocycles. The maximum absolute atomic E-state index is 6.22. The predicted octanol–water partition coefficient (Wildman–Crippen LogP) is 1.65. The first-order valence-corrected chi connectivity index (χ1v) is 6.25. The minimum absolute atomic E-state index is 0.422. The molecule has 0 radical (unpaired) electrons. The van der Waals surface area contributed by atoms with E-state index in [-0.39, 0.29) is 0 Å². The molecule has 2 fully saturated rings. The highest BCUT2D eigenvalue weighted by molar-refractivity contribution is 5.46. The summed E-state index contributed by atoms with van der Waals surface area (Å²) in [5.74, 6) is 1.53. The fourth-order valence-electron chi connectivity index (χ4n) is 3.28. The van der Waals surface area contributed by atoms with Crippen molar-refractivity contribution in [2.24, 2.45) is 17.6 Å². The van der Waals surface area contributed by atoms with E-state index >= 15 is 0 Å². The molecular weight excluding hydrogens is 198 g/mol. The topological polar surface area (TPSA) is 42.1 Å². The van der Waals surface area contributed by atoms with Crippen LogP contribution in [0, 0.1) is 11.8 Å². The average Bonchev–Trinajstić information content (AvgIpc) is 2.76. The highest BCUT2D eigenvalue weighted by atomic mass is 15.2. The van der Waals surface area contributed by atoms with Crippen LogP contribution in [0.5, 0.6) is 0 Å². The van der Waals surface area contributed by atoms with Crippen molar-refractivity contribution in [2.45, 2.75) is 25.3 Å². The molecule has 3 heteroatoms. The van der Waals surface area contributed by atoms with E-state index in [0.29, 0.717) is 12.0 Å². The Morgan fingerprint density at radius 2 is 2.00 bits per heavy atom. The maximum atomic E-state index is 6.22. The summed E-state index contributed by atoms with van der Waals surface area (Å²) in [4.78, 5) is 6.55. The molecule has 0 aromatic carbocycles. The molecule has 16 heavy (non-hydrogen) atoms. The first-order valence-electron chi connectivity index (χ1n) is 6.25. The third-order valence-corrected chi connectivity index (χ3v) is 4.18. The molecule has 1 aliphatic carbocycles. The second-order valence-electron chi connectivity index (χ2n) is 5.13. The van der Waals surface area contributed by atoms with Gasteiger partial charge in [0.1, 0.15) is 0 Å². The van der Waals surface area contributed by atoms with Crippen LogP contribution in [0.2, 0.25) is 0 Å². The summed E-state index contributed by atoms with van der Waals surface area (Å²) < 4.78 is 0. The lowest BCUT2D eigenvalue weighted by Gasteiger charge is -2.29. The van der Waals surface area contributed by atoms with Crippen LogP contribution in [0.3, 0.4) is 0 Å². The SMILES string of the molecule is NC1CCCC2CN(c3ccncc3)CC12. The van der Waals surface area contributed by atoms with E-state index in [1.165, 1.54) is 31.5 Å². The second-order valence-corrected chi connectivity index (χ2v) is 5.13. The minimum atomic E-state index is 0.422. The lowest BCUT2D eigenvalue weighted by molar-refractivity contribution is 0.260. The van der Waals surface area contributed by atoms with Gasteiger partial charge in [-0.15, -0.1) is 0 Å². The number of fused-ring (bicyclic) bond motifs is 1. The normalized spacial score (nSPS) is 33.8. The zero-order chi connectivity index (χ0) is 11.0. The predicted molar refractivity (Wildman–Crippen MR) is 65.3 cm³/mol. The van der Waals surface area contributed by atoms with Gasteiger partial charge >= 0.3 is 0 Å². The Morgan fingerprint density at radius 1 is 1.19 bits per heavy atom. The Labute approximate surface area is 96.7 Å². The van der Waals surface area contributed by atoms with E-state index in [2.05, 4.69) is 22.0 Å². The third kappa shape index (κ3) is 1.69.